The molecule has 1 fully saturated rings. The van der Waals surface area contributed by atoms with E-state index in [1.807, 2.05) is 12.1 Å². The molecule has 9 heteroatoms. The van der Waals surface area contributed by atoms with E-state index in [0.717, 1.165) is 41.6 Å². The third-order valence-electron chi connectivity index (χ3n) is 6.63. The molecule has 34 heavy (non-hydrogen) atoms. The minimum absolute atomic E-state index is 0.149. The highest BCUT2D eigenvalue weighted by Crippen LogP contribution is 2.28. The monoisotopic (exact) mass is 462 g/mol. The van der Waals surface area contributed by atoms with Gasteiger partial charge in [0.2, 0.25) is 11.8 Å². The van der Waals surface area contributed by atoms with Crippen LogP contribution in [-0.2, 0) is 46.9 Å². The van der Waals surface area contributed by atoms with E-state index in [4.69, 9.17) is 4.74 Å². The summed E-state index contributed by atoms with van der Waals surface area (Å²) in [5.74, 6) is -0.987. The van der Waals surface area contributed by atoms with Crippen molar-refractivity contribution in [1.82, 2.24) is 20.5 Å². The smallest absolute Gasteiger partial charge is 0.407 e. The number of fused-ring (bicyclic) bond motifs is 2. The Morgan fingerprint density at radius 1 is 1.09 bits per heavy atom. The van der Waals surface area contributed by atoms with Crippen molar-refractivity contribution in [3.63, 3.8) is 0 Å². The van der Waals surface area contributed by atoms with Crippen LogP contribution in [0.2, 0.25) is 0 Å². The largest absolute Gasteiger partial charge is 0.445 e. The second-order valence-corrected chi connectivity index (χ2v) is 8.98. The maximum Gasteiger partial charge on any atom is 0.407 e. The van der Waals surface area contributed by atoms with Gasteiger partial charge in [-0.05, 0) is 60.9 Å². The van der Waals surface area contributed by atoms with Gasteiger partial charge in [0.05, 0.1) is 0 Å². The fourth-order valence-electron chi connectivity index (χ4n) is 4.80. The lowest BCUT2D eigenvalue weighted by atomic mass is 9.95. The van der Waals surface area contributed by atoms with E-state index >= 15 is 0 Å². The maximum absolute atomic E-state index is 12.9. The minimum atomic E-state index is -0.646. The van der Waals surface area contributed by atoms with Gasteiger partial charge in [-0.25, -0.2) is 4.79 Å². The number of carbonyl (C=O) groups excluding carboxylic acids is 4. The van der Waals surface area contributed by atoms with E-state index in [0.29, 0.717) is 18.5 Å². The van der Waals surface area contributed by atoms with Gasteiger partial charge in [-0.2, -0.15) is 0 Å². The molecule has 3 heterocycles. The SMILES string of the molecule is O=C1CCC(N2Cc3ccc(CNC(=O)OCc4cnc5c(c4)CCCC5)cc3C2=O)C(=O)N1. The van der Waals surface area contributed by atoms with Gasteiger partial charge in [0.25, 0.3) is 5.91 Å². The molecule has 1 aliphatic carbocycles. The first-order valence-electron chi connectivity index (χ1n) is 11.6. The number of ether oxygens (including phenoxy) is 1. The minimum Gasteiger partial charge on any atom is -0.445 e. The molecule has 1 aromatic carbocycles. The van der Waals surface area contributed by atoms with Crippen LogP contribution in [0.4, 0.5) is 4.79 Å². The highest BCUT2D eigenvalue weighted by Gasteiger charge is 2.39. The van der Waals surface area contributed by atoms with Crippen LogP contribution >= 0.6 is 0 Å². The average molecular weight is 463 g/mol. The number of hydrogen-bond acceptors (Lipinski definition) is 6. The predicted molar refractivity (Wildman–Crippen MR) is 120 cm³/mol. The van der Waals surface area contributed by atoms with Gasteiger partial charge in [-0.15, -0.1) is 0 Å². The molecule has 0 spiro atoms. The van der Waals surface area contributed by atoms with Gasteiger partial charge in [-0.1, -0.05) is 12.1 Å². The molecule has 0 saturated carbocycles. The van der Waals surface area contributed by atoms with Crippen molar-refractivity contribution in [2.75, 3.05) is 0 Å². The molecule has 3 aliphatic rings. The highest BCUT2D eigenvalue weighted by atomic mass is 16.5. The molecule has 1 atom stereocenters. The van der Waals surface area contributed by atoms with E-state index in [1.165, 1.54) is 16.9 Å². The van der Waals surface area contributed by atoms with E-state index < -0.39 is 18.0 Å². The number of piperidine rings is 1. The summed E-state index contributed by atoms with van der Waals surface area (Å²) in [6.45, 7) is 0.682. The number of amides is 4. The Hall–Kier alpha value is -3.75. The first kappa shape index (κ1) is 22.1. The zero-order chi connectivity index (χ0) is 23.7. The molecular weight excluding hydrogens is 436 g/mol. The van der Waals surface area contributed by atoms with Crippen molar-refractivity contribution in [2.24, 2.45) is 0 Å². The van der Waals surface area contributed by atoms with Gasteiger partial charge in [0.15, 0.2) is 0 Å². The zero-order valence-corrected chi connectivity index (χ0v) is 18.8. The van der Waals surface area contributed by atoms with Crippen LogP contribution in [0.5, 0.6) is 0 Å². The molecule has 2 N–H and O–H groups in total. The van der Waals surface area contributed by atoms with Gasteiger partial charge < -0.3 is 15.0 Å². The number of rotatable bonds is 5. The van der Waals surface area contributed by atoms with Crippen molar-refractivity contribution in [3.05, 3.63) is 64.0 Å². The summed E-state index contributed by atoms with van der Waals surface area (Å²) in [5.41, 5.74) is 5.33. The number of aryl methyl sites for hydroxylation is 2. The fraction of sp³-hybridized carbons (Fsp3) is 0.400. The standard InChI is InChI=1S/C25H26N4O5/c30-22-8-7-21(23(31)28-22)29-13-18-6-5-15(10-19(18)24(29)32)11-27-25(33)34-14-16-9-17-3-1-2-4-20(17)26-12-16/h5-6,9-10,12,21H,1-4,7-8,11,13-14H2,(H,27,33)(H,28,30,31). The number of benzene rings is 1. The van der Waals surface area contributed by atoms with Crippen LogP contribution in [-0.4, -0.2) is 39.7 Å². The Balaban J connectivity index is 1.15. The molecule has 1 unspecified atom stereocenters. The number of pyridine rings is 1. The third-order valence-corrected chi connectivity index (χ3v) is 6.63. The van der Waals surface area contributed by atoms with Crippen molar-refractivity contribution in [2.45, 2.75) is 64.3 Å². The summed E-state index contributed by atoms with van der Waals surface area (Å²) in [5, 5.41) is 5.02. The summed E-state index contributed by atoms with van der Waals surface area (Å²) in [6, 6.07) is 6.83. The quantitative estimate of drug-likeness (QED) is 0.658. The van der Waals surface area contributed by atoms with E-state index in [2.05, 4.69) is 21.7 Å². The molecule has 2 aliphatic heterocycles. The number of hydrogen-bond donors (Lipinski definition) is 2. The van der Waals surface area contributed by atoms with Crippen LogP contribution in [0.1, 0.15) is 64.0 Å². The van der Waals surface area contributed by atoms with Gasteiger partial charge in [-0.3, -0.25) is 24.7 Å². The van der Waals surface area contributed by atoms with Crippen LogP contribution < -0.4 is 10.6 Å². The normalized spacial score (nSPS) is 19.4. The number of aromatic nitrogens is 1. The first-order valence-corrected chi connectivity index (χ1v) is 11.6. The lowest BCUT2D eigenvalue weighted by Crippen LogP contribution is -2.52. The lowest BCUT2D eigenvalue weighted by Gasteiger charge is -2.29. The Bertz CT molecular complexity index is 1180. The third kappa shape index (κ3) is 4.50. The van der Waals surface area contributed by atoms with E-state index in [-0.39, 0.29) is 31.4 Å². The predicted octanol–water partition coefficient (Wildman–Crippen LogP) is 2.15. The second-order valence-electron chi connectivity index (χ2n) is 8.98. The summed E-state index contributed by atoms with van der Waals surface area (Å²) in [4.78, 5) is 54.7. The number of alkyl carbamates (subject to hydrolysis) is 1. The highest BCUT2D eigenvalue weighted by molar-refractivity contribution is 6.05. The number of carbonyl (C=O) groups is 4. The second kappa shape index (κ2) is 9.24. The van der Waals surface area contributed by atoms with E-state index in [1.54, 1.807) is 12.3 Å². The summed E-state index contributed by atoms with van der Waals surface area (Å²) in [7, 11) is 0. The Labute approximate surface area is 196 Å². The topological polar surface area (TPSA) is 118 Å². The van der Waals surface area contributed by atoms with Crippen LogP contribution in [0.3, 0.4) is 0 Å². The number of nitrogens with zero attached hydrogens (tertiary/aromatic N) is 2. The Morgan fingerprint density at radius 2 is 1.94 bits per heavy atom. The lowest BCUT2D eigenvalue weighted by molar-refractivity contribution is -0.136. The molecular formula is C25H26N4O5. The maximum atomic E-state index is 12.9. The van der Waals surface area contributed by atoms with Gasteiger partial charge >= 0.3 is 6.09 Å². The molecule has 176 valence electrons. The van der Waals surface area contributed by atoms with Crippen molar-refractivity contribution in [1.29, 1.82) is 0 Å². The molecule has 9 nitrogen and oxygen atoms in total. The fourth-order valence-corrected chi connectivity index (χ4v) is 4.80. The van der Waals surface area contributed by atoms with Crippen LogP contribution in [0.25, 0.3) is 0 Å². The molecule has 1 aromatic heterocycles. The average Bonchev–Trinajstić information content (AvgIpc) is 3.17. The molecule has 1 saturated heterocycles. The van der Waals surface area contributed by atoms with Gasteiger partial charge in [0, 0.05) is 42.5 Å². The Kier molecular flexibility index (Phi) is 6.00. The molecule has 2 aromatic rings. The van der Waals surface area contributed by atoms with Crippen LogP contribution in [0, 0.1) is 0 Å². The first-order chi connectivity index (χ1) is 16.5. The molecule has 4 amide bonds. The van der Waals surface area contributed by atoms with Crippen molar-refractivity contribution in [3.8, 4) is 0 Å². The number of imide groups is 1. The molecule has 0 bridgehead atoms. The summed E-state index contributed by atoms with van der Waals surface area (Å²) >= 11 is 0. The number of nitrogens with one attached hydrogen (secondary N) is 2. The molecule has 0 radical (unpaired) electrons. The van der Waals surface area contributed by atoms with Crippen LogP contribution in [0.15, 0.2) is 30.5 Å². The summed E-state index contributed by atoms with van der Waals surface area (Å²) < 4.78 is 5.33. The van der Waals surface area contributed by atoms with Crippen molar-refractivity contribution >= 4 is 23.8 Å². The molecule has 5 rings (SSSR count). The summed E-state index contributed by atoms with van der Waals surface area (Å²) in [6.07, 6.45) is 6.11. The van der Waals surface area contributed by atoms with Gasteiger partial charge in [0.1, 0.15) is 12.6 Å². The van der Waals surface area contributed by atoms with E-state index in [9.17, 15) is 19.2 Å². The van der Waals surface area contributed by atoms with Crippen molar-refractivity contribution < 1.29 is 23.9 Å². The Morgan fingerprint density at radius 3 is 2.79 bits per heavy atom. The zero-order valence-electron chi connectivity index (χ0n) is 18.8.